The second-order valence-corrected chi connectivity index (χ2v) is 11.8. The normalized spacial score (nSPS) is 14.1. The number of amides is 1. The predicted octanol–water partition coefficient (Wildman–Crippen LogP) is 7.02. The average molecular weight is 576 g/mol. The monoisotopic (exact) mass is 575 g/mol. The van der Waals surface area contributed by atoms with Crippen molar-refractivity contribution in [2.75, 3.05) is 13.1 Å². The minimum Gasteiger partial charge on any atom is -0.461 e. The van der Waals surface area contributed by atoms with Gasteiger partial charge in [-0.15, -0.1) is 21.5 Å². The van der Waals surface area contributed by atoms with Crippen molar-refractivity contribution in [3.8, 4) is 17.3 Å². The fraction of sp³-hybridized carbons (Fsp3) is 0.241. The molecule has 0 saturated carbocycles. The molecule has 10 heteroatoms. The van der Waals surface area contributed by atoms with E-state index in [0.717, 1.165) is 43.0 Å². The van der Waals surface area contributed by atoms with Crippen LogP contribution in [-0.2, 0) is 12.2 Å². The maximum Gasteiger partial charge on any atom is 0.273 e. The smallest absolute Gasteiger partial charge is 0.273 e. The summed E-state index contributed by atoms with van der Waals surface area (Å²) in [7, 11) is 0. The summed E-state index contributed by atoms with van der Waals surface area (Å²) in [6.45, 7) is 1.55. The lowest BCUT2D eigenvalue weighted by Gasteiger charge is -2.31. The van der Waals surface area contributed by atoms with Gasteiger partial charge in [0.2, 0.25) is 5.82 Å². The molecule has 1 aliphatic heterocycles. The van der Waals surface area contributed by atoms with Crippen LogP contribution < -0.4 is 0 Å². The number of benzene rings is 2. The van der Waals surface area contributed by atoms with Crippen LogP contribution in [0, 0.1) is 5.92 Å². The number of hydrogen-bond donors (Lipinski definition) is 0. The SMILES string of the molecule is O=C(c1csc(CSc2nnc(-c3ccco3)n2-c2ccc(Cl)cc2)n1)N1CCC(Cc2ccccc2)CC1. The van der Waals surface area contributed by atoms with Gasteiger partial charge >= 0.3 is 0 Å². The van der Waals surface area contributed by atoms with Gasteiger partial charge in [-0.1, -0.05) is 53.7 Å². The van der Waals surface area contributed by atoms with Crippen LogP contribution in [0.25, 0.3) is 17.3 Å². The standard InChI is InChI=1S/C29H26ClN5O2S2/c30-22-8-10-23(11-9-22)35-27(25-7-4-16-37-25)32-33-29(35)39-19-26-31-24(18-38-26)28(36)34-14-12-21(13-15-34)17-20-5-2-1-3-6-20/h1-11,16,18,21H,12-15,17,19H2. The maximum atomic E-state index is 13.2. The Morgan fingerprint density at radius 3 is 2.56 bits per heavy atom. The highest BCUT2D eigenvalue weighted by atomic mass is 35.5. The third-order valence-electron chi connectivity index (χ3n) is 6.82. The van der Waals surface area contributed by atoms with Gasteiger partial charge in [0, 0.05) is 29.2 Å². The zero-order chi connectivity index (χ0) is 26.6. The molecule has 0 N–H and O–H groups in total. The molecule has 1 saturated heterocycles. The van der Waals surface area contributed by atoms with Crippen molar-refractivity contribution in [3.63, 3.8) is 0 Å². The number of likely N-dealkylation sites (tertiary alicyclic amines) is 1. The number of furan rings is 1. The van der Waals surface area contributed by atoms with E-state index in [2.05, 4.69) is 39.4 Å². The second-order valence-electron chi connectivity index (χ2n) is 9.44. The van der Waals surface area contributed by atoms with E-state index in [1.807, 2.05) is 57.3 Å². The molecule has 7 nitrogen and oxygen atoms in total. The minimum absolute atomic E-state index is 0.0186. The Labute approximate surface area is 239 Å². The molecule has 3 aromatic heterocycles. The summed E-state index contributed by atoms with van der Waals surface area (Å²) in [5.74, 6) is 2.43. The van der Waals surface area contributed by atoms with Crippen molar-refractivity contribution in [2.24, 2.45) is 5.92 Å². The Balaban J connectivity index is 1.10. The molecule has 0 radical (unpaired) electrons. The zero-order valence-electron chi connectivity index (χ0n) is 21.1. The van der Waals surface area contributed by atoms with E-state index in [0.29, 0.717) is 39.1 Å². The summed E-state index contributed by atoms with van der Waals surface area (Å²) in [5.41, 5.74) is 2.77. The molecule has 2 aromatic carbocycles. The van der Waals surface area contributed by atoms with Gasteiger partial charge < -0.3 is 9.32 Å². The molecule has 0 unspecified atom stereocenters. The Morgan fingerprint density at radius 1 is 1.03 bits per heavy atom. The number of thiazole rings is 1. The van der Waals surface area contributed by atoms with Crippen molar-refractivity contribution < 1.29 is 9.21 Å². The lowest BCUT2D eigenvalue weighted by Crippen LogP contribution is -2.39. The van der Waals surface area contributed by atoms with Crippen molar-refractivity contribution in [3.05, 3.63) is 99.7 Å². The number of hydrogen-bond acceptors (Lipinski definition) is 7. The molecule has 0 atom stereocenters. The highest BCUT2D eigenvalue weighted by Crippen LogP contribution is 2.31. The van der Waals surface area contributed by atoms with Crippen LogP contribution in [0.4, 0.5) is 0 Å². The molecule has 4 heterocycles. The van der Waals surface area contributed by atoms with Crippen LogP contribution in [0.2, 0.25) is 5.02 Å². The average Bonchev–Trinajstić information content (AvgIpc) is 3.74. The highest BCUT2D eigenvalue weighted by Gasteiger charge is 2.25. The lowest BCUT2D eigenvalue weighted by molar-refractivity contribution is 0.0685. The van der Waals surface area contributed by atoms with Crippen LogP contribution >= 0.6 is 34.7 Å². The Kier molecular flexibility index (Phi) is 7.81. The second kappa shape index (κ2) is 11.8. The summed E-state index contributed by atoms with van der Waals surface area (Å²) in [5, 5.41) is 12.9. The molecule has 1 aliphatic rings. The van der Waals surface area contributed by atoms with Crippen LogP contribution in [-0.4, -0.2) is 43.6 Å². The molecule has 198 valence electrons. The molecule has 5 aromatic rings. The van der Waals surface area contributed by atoms with Crippen molar-refractivity contribution in [1.29, 1.82) is 0 Å². The predicted molar refractivity (Wildman–Crippen MR) is 155 cm³/mol. The molecular weight excluding hydrogens is 550 g/mol. The van der Waals surface area contributed by atoms with E-state index in [1.165, 1.54) is 28.7 Å². The largest absolute Gasteiger partial charge is 0.461 e. The van der Waals surface area contributed by atoms with Crippen LogP contribution in [0.15, 0.2) is 87.9 Å². The number of thioether (sulfide) groups is 1. The van der Waals surface area contributed by atoms with E-state index >= 15 is 0 Å². The van der Waals surface area contributed by atoms with Crippen molar-refractivity contribution >= 4 is 40.6 Å². The third-order valence-corrected chi connectivity index (χ3v) is 9.05. The summed E-state index contributed by atoms with van der Waals surface area (Å²) >= 11 is 9.13. The number of carbonyl (C=O) groups is 1. The number of piperidine rings is 1. The van der Waals surface area contributed by atoms with Gasteiger partial charge in [0.15, 0.2) is 10.9 Å². The fourth-order valence-electron chi connectivity index (χ4n) is 4.80. The van der Waals surface area contributed by atoms with Gasteiger partial charge in [-0.05, 0) is 67.1 Å². The topological polar surface area (TPSA) is 77.0 Å². The summed E-state index contributed by atoms with van der Waals surface area (Å²) in [6.07, 6.45) is 4.73. The quantitative estimate of drug-likeness (QED) is 0.185. The number of carbonyl (C=O) groups excluding carboxylic acids is 1. The van der Waals surface area contributed by atoms with Gasteiger partial charge in [0.05, 0.1) is 12.0 Å². The molecular formula is C29H26ClN5O2S2. The minimum atomic E-state index is 0.0186. The zero-order valence-corrected chi connectivity index (χ0v) is 23.5. The summed E-state index contributed by atoms with van der Waals surface area (Å²) in [6, 6.07) is 21.8. The fourth-order valence-corrected chi connectivity index (χ4v) is 6.67. The maximum absolute atomic E-state index is 13.2. The first-order chi connectivity index (χ1) is 19.1. The Morgan fingerprint density at radius 2 is 1.82 bits per heavy atom. The molecule has 0 spiro atoms. The lowest BCUT2D eigenvalue weighted by atomic mass is 9.90. The summed E-state index contributed by atoms with van der Waals surface area (Å²) in [4.78, 5) is 19.8. The van der Waals surface area contributed by atoms with E-state index < -0.39 is 0 Å². The Hall–Kier alpha value is -3.40. The number of aromatic nitrogens is 4. The molecule has 39 heavy (non-hydrogen) atoms. The number of nitrogens with zero attached hydrogens (tertiary/aromatic N) is 5. The Bertz CT molecular complexity index is 1530. The first-order valence-corrected chi connectivity index (χ1v) is 15.0. The van der Waals surface area contributed by atoms with E-state index in [1.54, 1.807) is 6.26 Å². The molecule has 0 aliphatic carbocycles. The number of halogens is 1. The summed E-state index contributed by atoms with van der Waals surface area (Å²) < 4.78 is 7.54. The van der Waals surface area contributed by atoms with Crippen molar-refractivity contribution in [1.82, 2.24) is 24.6 Å². The molecule has 1 amide bonds. The molecule has 6 rings (SSSR count). The highest BCUT2D eigenvalue weighted by molar-refractivity contribution is 7.98. The van der Waals surface area contributed by atoms with Crippen LogP contribution in [0.5, 0.6) is 0 Å². The van der Waals surface area contributed by atoms with E-state index in [4.69, 9.17) is 16.0 Å². The van der Waals surface area contributed by atoms with Gasteiger partial charge in [0.1, 0.15) is 10.7 Å². The van der Waals surface area contributed by atoms with Gasteiger partial charge in [-0.3, -0.25) is 9.36 Å². The van der Waals surface area contributed by atoms with E-state index in [9.17, 15) is 4.79 Å². The van der Waals surface area contributed by atoms with Crippen LogP contribution in [0.1, 0.15) is 33.9 Å². The van der Waals surface area contributed by atoms with Gasteiger partial charge in [-0.2, -0.15) is 0 Å². The molecule has 0 bridgehead atoms. The van der Waals surface area contributed by atoms with Gasteiger partial charge in [0.25, 0.3) is 5.91 Å². The third kappa shape index (κ3) is 5.95. The first kappa shape index (κ1) is 25.9. The van der Waals surface area contributed by atoms with Crippen LogP contribution in [0.3, 0.4) is 0 Å². The van der Waals surface area contributed by atoms with Gasteiger partial charge in [-0.25, -0.2) is 4.98 Å². The number of rotatable bonds is 8. The first-order valence-electron chi connectivity index (χ1n) is 12.8. The van der Waals surface area contributed by atoms with E-state index in [-0.39, 0.29) is 5.91 Å². The van der Waals surface area contributed by atoms with Crippen molar-refractivity contribution in [2.45, 2.75) is 30.2 Å². The molecule has 1 fully saturated rings.